The maximum absolute atomic E-state index is 11.7. The van der Waals surface area contributed by atoms with Gasteiger partial charge in [-0.25, -0.2) is 8.86 Å². The van der Waals surface area contributed by atoms with Crippen molar-refractivity contribution in [2.24, 2.45) is 0 Å². The van der Waals surface area contributed by atoms with Gasteiger partial charge in [0.1, 0.15) is 0 Å². The summed E-state index contributed by atoms with van der Waals surface area (Å²) in [6.07, 6.45) is -0.532. The first kappa shape index (κ1) is 14.4. The molecule has 0 radical (unpaired) electrons. The average molecular weight is 301 g/mol. The highest BCUT2D eigenvalue weighted by Gasteiger charge is 2.23. The van der Waals surface area contributed by atoms with Crippen molar-refractivity contribution in [3.8, 4) is 0 Å². The van der Waals surface area contributed by atoms with Gasteiger partial charge >= 0.3 is 0 Å². The Hall–Kier alpha value is -2.04. The molecule has 1 atom stereocenters. The highest BCUT2D eigenvalue weighted by molar-refractivity contribution is 7.85. The predicted octanol–water partition coefficient (Wildman–Crippen LogP) is -0.0647. The Morgan fingerprint density at radius 1 is 1.45 bits per heavy atom. The Morgan fingerprint density at radius 2 is 2.15 bits per heavy atom. The smallest absolute Gasteiger partial charge is 0.290 e. The van der Waals surface area contributed by atoms with Crippen LogP contribution in [-0.2, 0) is 20.2 Å². The molecular weight excluding hydrogens is 290 g/mol. The van der Waals surface area contributed by atoms with E-state index < -0.39 is 33.8 Å². The number of aliphatic hydroxyl groups excluding tert-OH is 1. The molecule has 0 aliphatic heterocycles. The molecule has 20 heavy (non-hydrogen) atoms. The van der Waals surface area contributed by atoms with E-state index in [2.05, 4.69) is 9.28 Å². The van der Waals surface area contributed by atoms with Crippen molar-refractivity contribution in [1.29, 1.82) is 0 Å². The van der Waals surface area contributed by atoms with Crippen LogP contribution in [0.3, 0.4) is 0 Å². The molecule has 1 aromatic heterocycles. The van der Waals surface area contributed by atoms with E-state index in [0.717, 1.165) is 5.39 Å². The van der Waals surface area contributed by atoms with Gasteiger partial charge in [0.2, 0.25) is 6.29 Å². The van der Waals surface area contributed by atoms with Crippen LogP contribution in [0.25, 0.3) is 10.9 Å². The van der Waals surface area contributed by atoms with E-state index in [9.17, 15) is 18.5 Å². The average Bonchev–Trinajstić information content (AvgIpc) is 2.70. The maximum Gasteiger partial charge on any atom is 0.290 e. The van der Waals surface area contributed by atoms with Gasteiger partial charge in [-0.05, 0) is 6.07 Å². The molecule has 0 spiro atoms. The van der Waals surface area contributed by atoms with Crippen LogP contribution in [0.1, 0.15) is 0 Å². The first-order valence-electron chi connectivity index (χ1n) is 5.49. The first-order chi connectivity index (χ1) is 9.37. The summed E-state index contributed by atoms with van der Waals surface area (Å²) < 4.78 is 28.8. The molecular formula is C10H11N3O6S. The third-order valence-corrected chi connectivity index (χ3v) is 3.47. The summed E-state index contributed by atoms with van der Waals surface area (Å²) in [5, 5.41) is 23.9. The summed E-state index contributed by atoms with van der Waals surface area (Å²) in [6.45, 7) is -1.01. The van der Waals surface area contributed by atoms with E-state index in [-0.39, 0.29) is 0 Å². The molecule has 1 heterocycles. The zero-order chi connectivity index (χ0) is 14.8. The van der Waals surface area contributed by atoms with Crippen molar-refractivity contribution < 1.29 is 22.6 Å². The number of aromatic nitrogens is 2. The summed E-state index contributed by atoms with van der Waals surface area (Å²) in [5.41, 5.74) is 0.573. The van der Waals surface area contributed by atoms with E-state index in [1.54, 1.807) is 24.3 Å². The second kappa shape index (κ2) is 5.53. The monoisotopic (exact) mass is 301 g/mol. The molecule has 2 rings (SSSR count). The van der Waals surface area contributed by atoms with Crippen LogP contribution in [0.2, 0.25) is 0 Å². The number of nitrogens with zero attached hydrogens (tertiary/aromatic N) is 3. The predicted molar refractivity (Wildman–Crippen MR) is 67.6 cm³/mol. The van der Waals surface area contributed by atoms with Gasteiger partial charge in [0.15, 0.2) is 5.88 Å². The summed E-state index contributed by atoms with van der Waals surface area (Å²) in [6, 6.07) is 6.93. The largest absolute Gasteiger partial charge is 0.362 e. The molecule has 0 amide bonds. The van der Waals surface area contributed by atoms with Crippen molar-refractivity contribution in [2.45, 2.75) is 12.2 Å². The summed E-state index contributed by atoms with van der Waals surface area (Å²) in [5.74, 6) is -0.644. The molecule has 1 N–H and O–H groups in total. The van der Waals surface area contributed by atoms with Gasteiger partial charge < -0.3 is 5.11 Å². The van der Waals surface area contributed by atoms with E-state index in [1.807, 2.05) is 0 Å². The maximum atomic E-state index is 11.7. The lowest BCUT2D eigenvalue weighted by Crippen LogP contribution is -2.27. The molecule has 0 aliphatic carbocycles. The summed E-state index contributed by atoms with van der Waals surface area (Å²) >= 11 is 0. The lowest BCUT2D eigenvalue weighted by molar-refractivity contribution is -0.499. The van der Waals surface area contributed by atoms with Crippen LogP contribution in [0.5, 0.6) is 0 Å². The molecule has 0 aliphatic rings. The van der Waals surface area contributed by atoms with Gasteiger partial charge in [0.05, 0.1) is 11.7 Å². The minimum absolute atomic E-state index is 0.573. The number of hydrogen-bond acceptors (Lipinski definition) is 7. The zero-order valence-corrected chi connectivity index (χ0v) is 10.9. The Labute approximate surface area is 113 Å². The summed E-state index contributed by atoms with van der Waals surface area (Å²) in [7, 11) is -4.19. The molecule has 108 valence electrons. The Bertz CT molecular complexity index is 725. The van der Waals surface area contributed by atoms with Gasteiger partial charge in [0, 0.05) is 10.3 Å². The van der Waals surface area contributed by atoms with E-state index >= 15 is 0 Å². The van der Waals surface area contributed by atoms with Crippen molar-refractivity contribution >= 4 is 21.0 Å². The molecule has 0 saturated heterocycles. The number of rotatable bonds is 6. The van der Waals surface area contributed by atoms with Gasteiger partial charge in [-0.2, -0.15) is 13.5 Å². The molecule has 2 aromatic rings. The van der Waals surface area contributed by atoms with Crippen LogP contribution >= 0.6 is 0 Å². The molecule has 1 unspecified atom stereocenters. The highest BCUT2D eigenvalue weighted by Crippen LogP contribution is 2.14. The van der Waals surface area contributed by atoms with Crippen LogP contribution < -0.4 is 0 Å². The van der Waals surface area contributed by atoms with Crippen molar-refractivity contribution in [3.63, 3.8) is 0 Å². The number of hydrogen-bond donors (Lipinski definition) is 1. The number of para-hydroxylation sites is 1. The Kier molecular flexibility index (Phi) is 3.97. The fourth-order valence-corrected chi connectivity index (χ4v) is 2.60. The van der Waals surface area contributed by atoms with Gasteiger partial charge in [0.25, 0.3) is 16.7 Å². The summed E-state index contributed by atoms with van der Waals surface area (Å²) in [4.78, 5) is 9.27. The van der Waals surface area contributed by atoms with Crippen LogP contribution in [0.15, 0.2) is 30.5 Å². The van der Waals surface area contributed by atoms with Gasteiger partial charge in [-0.3, -0.25) is 10.1 Å². The second-order valence-corrected chi connectivity index (χ2v) is 5.52. The lowest BCUT2D eigenvalue weighted by Gasteiger charge is -2.09. The fourth-order valence-electron chi connectivity index (χ4n) is 1.64. The SMILES string of the molecule is O=[N+]([O-])CC(O)OS(=O)(=O)Cn1ncc2ccccc21. The topological polar surface area (TPSA) is 125 Å². The highest BCUT2D eigenvalue weighted by atomic mass is 32.2. The van der Waals surface area contributed by atoms with E-state index in [4.69, 9.17) is 5.11 Å². The number of benzene rings is 1. The van der Waals surface area contributed by atoms with Crippen LogP contribution in [0, 0.1) is 10.1 Å². The van der Waals surface area contributed by atoms with Crippen LogP contribution in [-0.4, -0.2) is 41.1 Å². The van der Waals surface area contributed by atoms with E-state index in [1.165, 1.54) is 10.9 Å². The third-order valence-electron chi connectivity index (χ3n) is 2.39. The van der Waals surface area contributed by atoms with Gasteiger partial charge in [-0.15, -0.1) is 0 Å². The van der Waals surface area contributed by atoms with Crippen LogP contribution in [0.4, 0.5) is 0 Å². The van der Waals surface area contributed by atoms with Crippen molar-refractivity contribution in [3.05, 3.63) is 40.6 Å². The molecule has 10 heteroatoms. The normalized spacial score (nSPS) is 13.4. The first-order valence-corrected chi connectivity index (χ1v) is 7.06. The quantitative estimate of drug-likeness (QED) is 0.343. The molecule has 9 nitrogen and oxygen atoms in total. The van der Waals surface area contributed by atoms with Crippen molar-refractivity contribution in [2.75, 3.05) is 6.54 Å². The molecule has 0 saturated carbocycles. The molecule has 0 bridgehead atoms. The molecule has 1 aromatic carbocycles. The number of nitro groups is 1. The minimum Gasteiger partial charge on any atom is -0.362 e. The van der Waals surface area contributed by atoms with E-state index in [0.29, 0.717) is 5.52 Å². The lowest BCUT2D eigenvalue weighted by atomic mass is 10.3. The standard InChI is InChI=1S/C10H11N3O6S/c14-10(6-13(15)16)19-20(17,18)7-12-9-4-2-1-3-8(9)5-11-12/h1-5,10,14H,6-7H2. The third kappa shape index (κ3) is 3.50. The van der Waals surface area contributed by atoms with Crippen molar-refractivity contribution in [1.82, 2.24) is 9.78 Å². The fraction of sp³-hybridized carbons (Fsp3) is 0.300. The molecule has 0 fully saturated rings. The number of aliphatic hydroxyl groups is 1. The minimum atomic E-state index is -4.19. The number of fused-ring (bicyclic) bond motifs is 1. The van der Waals surface area contributed by atoms with Gasteiger partial charge in [-0.1, -0.05) is 18.2 Å². The second-order valence-electron chi connectivity index (χ2n) is 3.96. The zero-order valence-electron chi connectivity index (χ0n) is 10.1. The Morgan fingerprint density at radius 3 is 2.85 bits per heavy atom. The Balaban J connectivity index is 2.14.